The Balaban J connectivity index is 1.97. The molecule has 0 aliphatic heterocycles. The van der Waals surface area contributed by atoms with Crippen molar-refractivity contribution in [1.82, 2.24) is 4.98 Å². The number of carbonyl (C=O) groups excluding carboxylic acids is 1. The SMILES string of the molecule is O=C(CCc1ccccc1)Oc1ccncc1[N+](=O)[O-]. The molecule has 0 aliphatic carbocycles. The van der Waals surface area contributed by atoms with Crippen LogP contribution in [0.1, 0.15) is 12.0 Å². The van der Waals surface area contributed by atoms with Crippen LogP contribution >= 0.6 is 0 Å². The third-order valence-electron chi connectivity index (χ3n) is 2.64. The maximum absolute atomic E-state index is 11.7. The summed E-state index contributed by atoms with van der Waals surface area (Å²) in [4.78, 5) is 25.5. The summed E-state index contributed by atoms with van der Waals surface area (Å²) >= 11 is 0. The van der Waals surface area contributed by atoms with Crippen LogP contribution in [0.15, 0.2) is 48.8 Å². The molecule has 1 aromatic heterocycles. The van der Waals surface area contributed by atoms with Gasteiger partial charge in [-0.2, -0.15) is 0 Å². The lowest BCUT2D eigenvalue weighted by atomic mass is 10.1. The number of ether oxygens (including phenoxy) is 1. The molecule has 0 saturated heterocycles. The quantitative estimate of drug-likeness (QED) is 0.474. The first kappa shape index (κ1) is 13.7. The van der Waals surface area contributed by atoms with Gasteiger partial charge < -0.3 is 4.74 Å². The Morgan fingerprint density at radius 2 is 2.00 bits per heavy atom. The average Bonchev–Trinajstić information content (AvgIpc) is 2.46. The van der Waals surface area contributed by atoms with Gasteiger partial charge in [0.1, 0.15) is 6.20 Å². The highest BCUT2D eigenvalue weighted by atomic mass is 16.6. The van der Waals surface area contributed by atoms with Gasteiger partial charge in [-0.25, -0.2) is 0 Å². The van der Waals surface area contributed by atoms with Crippen LogP contribution in [-0.4, -0.2) is 15.9 Å². The standard InChI is InChI=1S/C14H12N2O4/c17-14(7-6-11-4-2-1-3-5-11)20-13-8-9-15-10-12(13)16(18)19/h1-5,8-10H,6-7H2. The lowest BCUT2D eigenvalue weighted by Crippen LogP contribution is -2.10. The highest BCUT2D eigenvalue weighted by Crippen LogP contribution is 2.25. The largest absolute Gasteiger partial charge is 0.419 e. The fourth-order valence-corrected chi connectivity index (χ4v) is 1.66. The molecule has 6 nitrogen and oxygen atoms in total. The van der Waals surface area contributed by atoms with Crippen molar-refractivity contribution in [3.63, 3.8) is 0 Å². The molecule has 6 heteroatoms. The molecule has 2 rings (SSSR count). The number of hydrogen-bond donors (Lipinski definition) is 0. The van der Waals surface area contributed by atoms with E-state index in [0.717, 1.165) is 11.8 Å². The van der Waals surface area contributed by atoms with Gasteiger partial charge in [0.2, 0.25) is 5.75 Å². The zero-order valence-electron chi connectivity index (χ0n) is 10.6. The molecular formula is C14H12N2O4. The molecule has 2 aromatic rings. The molecule has 0 N–H and O–H groups in total. The zero-order chi connectivity index (χ0) is 14.4. The lowest BCUT2D eigenvalue weighted by molar-refractivity contribution is -0.386. The number of aryl methyl sites for hydroxylation is 1. The van der Waals surface area contributed by atoms with E-state index < -0.39 is 10.9 Å². The summed E-state index contributed by atoms with van der Waals surface area (Å²) in [6.07, 6.45) is 3.08. The van der Waals surface area contributed by atoms with Gasteiger partial charge in [-0.05, 0) is 12.0 Å². The smallest absolute Gasteiger partial charge is 0.329 e. The second-order valence-corrected chi connectivity index (χ2v) is 4.06. The molecule has 0 aliphatic rings. The van der Waals surface area contributed by atoms with Crippen LogP contribution in [-0.2, 0) is 11.2 Å². The molecule has 102 valence electrons. The van der Waals surface area contributed by atoms with Crippen LogP contribution in [0.2, 0.25) is 0 Å². The molecule has 0 bridgehead atoms. The Morgan fingerprint density at radius 1 is 1.25 bits per heavy atom. The molecule has 0 atom stereocenters. The van der Waals surface area contributed by atoms with E-state index >= 15 is 0 Å². The molecule has 0 saturated carbocycles. The summed E-state index contributed by atoms with van der Waals surface area (Å²) in [5, 5.41) is 10.8. The number of nitrogens with zero attached hydrogens (tertiary/aromatic N) is 2. The van der Waals surface area contributed by atoms with Gasteiger partial charge in [-0.15, -0.1) is 0 Å². The van der Waals surface area contributed by atoms with E-state index in [9.17, 15) is 14.9 Å². The number of esters is 1. The van der Waals surface area contributed by atoms with Crippen LogP contribution in [0.4, 0.5) is 5.69 Å². The van der Waals surface area contributed by atoms with Crippen molar-refractivity contribution in [2.24, 2.45) is 0 Å². The van der Waals surface area contributed by atoms with Gasteiger partial charge >= 0.3 is 11.7 Å². The van der Waals surface area contributed by atoms with Gasteiger partial charge in [-0.3, -0.25) is 19.9 Å². The third kappa shape index (κ3) is 3.61. The average molecular weight is 272 g/mol. The fraction of sp³-hybridized carbons (Fsp3) is 0.143. The summed E-state index contributed by atoms with van der Waals surface area (Å²) in [5.41, 5.74) is 0.689. The number of benzene rings is 1. The first-order chi connectivity index (χ1) is 9.66. The number of nitro groups is 1. The van der Waals surface area contributed by atoms with Crippen molar-refractivity contribution in [3.05, 3.63) is 64.5 Å². The normalized spacial score (nSPS) is 10.0. The summed E-state index contributed by atoms with van der Waals surface area (Å²) in [6, 6.07) is 10.8. The van der Waals surface area contributed by atoms with Gasteiger partial charge in [0.15, 0.2) is 0 Å². The Morgan fingerprint density at radius 3 is 2.70 bits per heavy atom. The summed E-state index contributed by atoms with van der Waals surface area (Å²) in [7, 11) is 0. The van der Waals surface area contributed by atoms with Crippen molar-refractivity contribution < 1.29 is 14.5 Å². The van der Waals surface area contributed by atoms with E-state index in [4.69, 9.17) is 4.74 Å². The van der Waals surface area contributed by atoms with Gasteiger partial charge in [0, 0.05) is 18.7 Å². The molecule has 0 unspecified atom stereocenters. The van der Waals surface area contributed by atoms with E-state index in [-0.39, 0.29) is 17.9 Å². The van der Waals surface area contributed by atoms with Crippen LogP contribution in [0, 0.1) is 10.1 Å². The van der Waals surface area contributed by atoms with Crippen molar-refractivity contribution in [2.45, 2.75) is 12.8 Å². The fourth-order valence-electron chi connectivity index (χ4n) is 1.66. The minimum atomic E-state index is -0.632. The van der Waals surface area contributed by atoms with E-state index in [1.54, 1.807) is 0 Å². The minimum absolute atomic E-state index is 0.0805. The zero-order valence-corrected chi connectivity index (χ0v) is 10.6. The highest BCUT2D eigenvalue weighted by molar-refractivity contribution is 5.73. The molecule has 1 heterocycles. The third-order valence-corrected chi connectivity index (χ3v) is 2.64. The Bertz CT molecular complexity index is 614. The predicted molar refractivity (Wildman–Crippen MR) is 71.3 cm³/mol. The van der Waals surface area contributed by atoms with Crippen molar-refractivity contribution in [3.8, 4) is 5.75 Å². The van der Waals surface area contributed by atoms with Crippen LogP contribution in [0.5, 0.6) is 5.75 Å². The Labute approximate surface area is 115 Å². The number of aromatic nitrogens is 1. The summed E-state index contributed by atoms with van der Waals surface area (Å²) in [5.74, 6) is -0.591. The Kier molecular flexibility index (Phi) is 4.39. The van der Waals surface area contributed by atoms with Crippen molar-refractivity contribution >= 4 is 11.7 Å². The lowest BCUT2D eigenvalue weighted by Gasteiger charge is -2.04. The molecule has 0 spiro atoms. The molecular weight excluding hydrogens is 260 g/mol. The van der Waals surface area contributed by atoms with Gasteiger partial charge in [-0.1, -0.05) is 30.3 Å². The van der Waals surface area contributed by atoms with E-state index in [0.29, 0.717) is 6.42 Å². The second kappa shape index (κ2) is 6.42. The van der Waals surface area contributed by atoms with Gasteiger partial charge in [0.05, 0.1) is 4.92 Å². The molecule has 0 radical (unpaired) electrons. The van der Waals surface area contributed by atoms with Crippen LogP contribution < -0.4 is 4.74 Å². The number of pyridine rings is 1. The van der Waals surface area contributed by atoms with E-state index in [1.807, 2.05) is 30.3 Å². The second-order valence-electron chi connectivity index (χ2n) is 4.06. The van der Waals surface area contributed by atoms with Crippen molar-refractivity contribution in [2.75, 3.05) is 0 Å². The summed E-state index contributed by atoms with van der Waals surface area (Å²) in [6.45, 7) is 0. The maximum Gasteiger partial charge on any atom is 0.329 e. The maximum atomic E-state index is 11.7. The first-order valence-electron chi connectivity index (χ1n) is 6.00. The topological polar surface area (TPSA) is 82.3 Å². The number of carbonyl (C=O) groups is 1. The van der Waals surface area contributed by atoms with Crippen LogP contribution in [0.3, 0.4) is 0 Å². The molecule has 0 amide bonds. The van der Waals surface area contributed by atoms with Gasteiger partial charge in [0.25, 0.3) is 0 Å². The first-order valence-corrected chi connectivity index (χ1v) is 6.00. The molecule has 1 aromatic carbocycles. The molecule has 0 fully saturated rings. The summed E-state index contributed by atoms with van der Waals surface area (Å²) < 4.78 is 5.01. The highest BCUT2D eigenvalue weighted by Gasteiger charge is 2.17. The van der Waals surface area contributed by atoms with Crippen LogP contribution in [0.25, 0.3) is 0 Å². The number of hydrogen-bond acceptors (Lipinski definition) is 5. The van der Waals surface area contributed by atoms with E-state index in [2.05, 4.69) is 4.98 Å². The minimum Gasteiger partial charge on any atom is -0.419 e. The number of rotatable bonds is 5. The Hall–Kier alpha value is -2.76. The van der Waals surface area contributed by atoms with Crippen molar-refractivity contribution in [1.29, 1.82) is 0 Å². The molecule has 20 heavy (non-hydrogen) atoms. The monoisotopic (exact) mass is 272 g/mol. The predicted octanol–water partition coefficient (Wildman–Crippen LogP) is 2.53. The van der Waals surface area contributed by atoms with E-state index in [1.165, 1.54) is 12.3 Å².